The maximum atomic E-state index is 11.7. The highest BCUT2D eigenvalue weighted by atomic mass is 32.1. The van der Waals surface area contributed by atoms with Crippen LogP contribution in [0.25, 0.3) is 0 Å². The molecule has 0 aliphatic carbocycles. The number of rotatable bonds is 4. The quantitative estimate of drug-likeness (QED) is 0.678. The van der Waals surface area contributed by atoms with Gasteiger partial charge in [0.15, 0.2) is 0 Å². The summed E-state index contributed by atoms with van der Waals surface area (Å²) in [6, 6.07) is 8.60. The third kappa shape index (κ3) is 3.62. The van der Waals surface area contributed by atoms with E-state index < -0.39 is 0 Å². The molecule has 1 amide bonds. The van der Waals surface area contributed by atoms with Crippen LogP contribution in [0.3, 0.4) is 0 Å². The summed E-state index contributed by atoms with van der Waals surface area (Å²) >= 11 is 1.55. The fraction of sp³-hybridized carbons (Fsp3) is 0.154. The first kappa shape index (κ1) is 13.2. The number of carbonyl (C=O) groups is 1. The SMILES string of the molecule is C/C(=N/NC(=O)Cn1ccccc1=O)c1cccs1. The summed E-state index contributed by atoms with van der Waals surface area (Å²) in [5.74, 6) is -0.329. The lowest BCUT2D eigenvalue weighted by Crippen LogP contribution is -2.29. The Bertz CT molecular complexity index is 644. The lowest BCUT2D eigenvalue weighted by Gasteiger charge is -2.04. The maximum absolute atomic E-state index is 11.7. The van der Waals surface area contributed by atoms with Crippen molar-refractivity contribution in [3.8, 4) is 0 Å². The average molecular weight is 275 g/mol. The number of amides is 1. The number of hydrogen-bond acceptors (Lipinski definition) is 4. The summed E-state index contributed by atoms with van der Waals surface area (Å²) in [5, 5.41) is 5.95. The Labute approximate surface area is 114 Å². The Hall–Kier alpha value is -2.21. The highest BCUT2D eigenvalue weighted by Crippen LogP contribution is 2.09. The van der Waals surface area contributed by atoms with Crippen LogP contribution in [0.4, 0.5) is 0 Å². The number of nitrogens with zero attached hydrogens (tertiary/aromatic N) is 2. The van der Waals surface area contributed by atoms with E-state index in [-0.39, 0.29) is 18.0 Å². The summed E-state index contributed by atoms with van der Waals surface area (Å²) in [6.07, 6.45) is 1.57. The molecular formula is C13H13N3O2S. The summed E-state index contributed by atoms with van der Waals surface area (Å²) in [7, 11) is 0. The van der Waals surface area contributed by atoms with Gasteiger partial charge in [0, 0.05) is 17.1 Å². The Morgan fingerprint density at radius 1 is 1.37 bits per heavy atom. The van der Waals surface area contributed by atoms with E-state index in [1.165, 1.54) is 10.6 Å². The van der Waals surface area contributed by atoms with Crippen molar-refractivity contribution in [2.24, 2.45) is 5.10 Å². The number of pyridine rings is 1. The van der Waals surface area contributed by atoms with Gasteiger partial charge in [-0.25, -0.2) is 5.43 Å². The highest BCUT2D eigenvalue weighted by molar-refractivity contribution is 7.12. The minimum atomic E-state index is -0.329. The van der Waals surface area contributed by atoms with Crippen LogP contribution < -0.4 is 11.0 Å². The maximum Gasteiger partial charge on any atom is 0.260 e. The van der Waals surface area contributed by atoms with Crippen LogP contribution in [0.1, 0.15) is 11.8 Å². The lowest BCUT2D eigenvalue weighted by molar-refractivity contribution is -0.121. The summed E-state index contributed by atoms with van der Waals surface area (Å²) in [6.45, 7) is 1.78. The molecule has 5 nitrogen and oxygen atoms in total. The van der Waals surface area contributed by atoms with Crippen molar-refractivity contribution < 1.29 is 4.79 Å². The van der Waals surface area contributed by atoms with Gasteiger partial charge >= 0.3 is 0 Å². The number of hydrazone groups is 1. The molecule has 0 unspecified atom stereocenters. The van der Waals surface area contributed by atoms with E-state index in [0.717, 1.165) is 10.6 Å². The van der Waals surface area contributed by atoms with Crippen LogP contribution in [0, 0.1) is 0 Å². The third-order valence-corrected chi connectivity index (χ3v) is 3.42. The molecule has 2 heterocycles. The second-order valence-electron chi connectivity index (χ2n) is 3.88. The monoisotopic (exact) mass is 275 g/mol. The molecule has 0 spiro atoms. The molecule has 0 saturated heterocycles. The molecule has 2 rings (SSSR count). The molecular weight excluding hydrogens is 262 g/mol. The Morgan fingerprint density at radius 3 is 2.89 bits per heavy atom. The van der Waals surface area contributed by atoms with Crippen molar-refractivity contribution in [2.45, 2.75) is 13.5 Å². The molecule has 0 aliphatic rings. The lowest BCUT2D eigenvalue weighted by atomic mass is 10.3. The van der Waals surface area contributed by atoms with Crippen LogP contribution in [-0.4, -0.2) is 16.2 Å². The predicted molar refractivity (Wildman–Crippen MR) is 75.4 cm³/mol. The molecule has 0 fully saturated rings. The molecule has 0 bridgehead atoms. The molecule has 2 aromatic heterocycles. The van der Waals surface area contributed by atoms with E-state index in [1.807, 2.05) is 24.4 Å². The summed E-state index contributed by atoms with van der Waals surface area (Å²) in [4.78, 5) is 24.1. The van der Waals surface area contributed by atoms with E-state index in [2.05, 4.69) is 10.5 Å². The van der Waals surface area contributed by atoms with Gasteiger partial charge in [-0.15, -0.1) is 11.3 Å². The number of hydrogen-bond donors (Lipinski definition) is 1. The van der Waals surface area contributed by atoms with E-state index >= 15 is 0 Å². The zero-order valence-electron chi connectivity index (χ0n) is 10.4. The zero-order valence-corrected chi connectivity index (χ0v) is 11.2. The smallest absolute Gasteiger partial charge is 0.260 e. The fourth-order valence-electron chi connectivity index (χ4n) is 1.47. The van der Waals surface area contributed by atoms with E-state index in [0.29, 0.717) is 0 Å². The van der Waals surface area contributed by atoms with E-state index in [1.54, 1.807) is 29.7 Å². The van der Waals surface area contributed by atoms with Gasteiger partial charge in [0.1, 0.15) is 6.54 Å². The molecule has 0 radical (unpaired) electrons. The topological polar surface area (TPSA) is 63.5 Å². The fourth-order valence-corrected chi connectivity index (χ4v) is 2.14. The molecule has 0 aliphatic heterocycles. The first-order valence-electron chi connectivity index (χ1n) is 5.69. The van der Waals surface area contributed by atoms with Crippen molar-refractivity contribution in [3.63, 3.8) is 0 Å². The number of thiophene rings is 1. The van der Waals surface area contributed by atoms with E-state index in [9.17, 15) is 9.59 Å². The molecule has 1 N–H and O–H groups in total. The average Bonchev–Trinajstić information content (AvgIpc) is 2.93. The van der Waals surface area contributed by atoms with Crippen molar-refractivity contribution in [1.82, 2.24) is 9.99 Å². The Kier molecular flexibility index (Phi) is 4.25. The van der Waals surface area contributed by atoms with Gasteiger partial charge in [0.2, 0.25) is 0 Å². The molecule has 19 heavy (non-hydrogen) atoms. The normalized spacial score (nSPS) is 11.3. The van der Waals surface area contributed by atoms with Crippen LogP contribution in [0.2, 0.25) is 0 Å². The van der Waals surface area contributed by atoms with Crippen molar-refractivity contribution in [3.05, 3.63) is 57.1 Å². The first-order chi connectivity index (χ1) is 9.16. The van der Waals surface area contributed by atoms with Gasteiger partial charge in [-0.05, 0) is 24.4 Å². The van der Waals surface area contributed by atoms with E-state index in [4.69, 9.17) is 0 Å². The van der Waals surface area contributed by atoms with Gasteiger partial charge < -0.3 is 4.57 Å². The molecule has 6 heteroatoms. The molecule has 0 aromatic carbocycles. The minimum Gasteiger partial charge on any atom is -0.306 e. The Morgan fingerprint density at radius 2 is 2.21 bits per heavy atom. The van der Waals surface area contributed by atoms with Gasteiger partial charge in [0.05, 0.1) is 5.71 Å². The minimum absolute atomic E-state index is 0.0408. The third-order valence-electron chi connectivity index (χ3n) is 2.44. The van der Waals surface area contributed by atoms with Crippen LogP contribution >= 0.6 is 11.3 Å². The number of aromatic nitrogens is 1. The van der Waals surface area contributed by atoms with Crippen LogP contribution in [0.5, 0.6) is 0 Å². The summed E-state index contributed by atoms with van der Waals surface area (Å²) < 4.78 is 1.32. The molecule has 2 aromatic rings. The first-order valence-corrected chi connectivity index (χ1v) is 6.57. The van der Waals surface area contributed by atoms with Gasteiger partial charge in [0.25, 0.3) is 11.5 Å². The second-order valence-corrected chi connectivity index (χ2v) is 4.82. The van der Waals surface area contributed by atoms with Crippen LogP contribution in [-0.2, 0) is 11.3 Å². The van der Waals surface area contributed by atoms with Crippen molar-refractivity contribution in [2.75, 3.05) is 0 Å². The van der Waals surface area contributed by atoms with Crippen LogP contribution in [0.15, 0.2) is 51.8 Å². The molecule has 0 saturated carbocycles. The van der Waals surface area contributed by atoms with Gasteiger partial charge in [-0.3, -0.25) is 9.59 Å². The predicted octanol–water partition coefficient (Wildman–Crippen LogP) is 1.45. The largest absolute Gasteiger partial charge is 0.306 e. The van der Waals surface area contributed by atoms with Gasteiger partial charge in [-0.2, -0.15) is 5.10 Å². The van der Waals surface area contributed by atoms with Crippen molar-refractivity contribution in [1.29, 1.82) is 0 Å². The van der Waals surface area contributed by atoms with Gasteiger partial charge in [-0.1, -0.05) is 12.1 Å². The number of carbonyl (C=O) groups excluding carboxylic acids is 1. The summed E-state index contributed by atoms with van der Waals surface area (Å²) in [5.41, 5.74) is 2.97. The highest BCUT2D eigenvalue weighted by Gasteiger charge is 2.03. The Balaban J connectivity index is 1.97. The molecule has 98 valence electrons. The molecule has 0 atom stereocenters. The standard InChI is InChI=1S/C13H13N3O2S/c1-10(11-5-4-8-19-11)14-15-12(17)9-16-7-3-2-6-13(16)18/h2-8H,9H2,1H3,(H,15,17)/b14-10-. The second kappa shape index (κ2) is 6.10. The van der Waals surface area contributed by atoms with Crippen molar-refractivity contribution >= 4 is 23.0 Å². The number of nitrogens with one attached hydrogen (secondary N) is 1. The zero-order chi connectivity index (χ0) is 13.7.